The molecule has 0 bridgehead atoms. The summed E-state index contributed by atoms with van der Waals surface area (Å²) in [7, 11) is 0. The number of nitrogens with zero attached hydrogens (tertiary/aromatic N) is 2. The molecule has 0 amide bonds. The normalized spacial score (nSPS) is 13.9. The van der Waals surface area contributed by atoms with Crippen LogP contribution in [0.4, 0.5) is 17.2 Å². The van der Waals surface area contributed by atoms with Gasteiger partial charge in [-0.25, -0.2) is 4.98 Å². The third-order valence-corrected chi connectivity index (χ3v) is 5.20. The number of hydrogen-bond acceptors (Lipinski definition) is 4. The average Bonchev–Trinajstić information content (AvgIpc) is 2.59. The second-order valence-electron chi connectivity index (χ2n) is 7.42. The highest BCUT2D eigenvalue weighted by Gasteiger charge is 2.26. The highest BCUT2D eigenvalue weighted by Crippen LogP contribution is 2.39. The van der Waals surface area contributed by atoms with E-state index in [-0.39, 0.29) is 0 Å². The molecule has 1 aromatic carbocycles. The minimum Gasteiger partial charge on any atom is -0.382 e. The maximum absolute atomic E-state index is 5.98. The first-order chi connectivity index (χ1) is 12.4. The minimum atomic E-state index is 0.471. The second-order valence-corrected chi connectivity index (χ2v) is 7.42. The van der Waals surface area contributed by atoms with E-state index in [1.54, 1.807) is 0 Å². The van der Waals surface area contributed by atoms with Crippen molar-refractivity contribution in [3.63, 3.8) is 0 Å². The molecule has 3 rings (SSSR count). The summed E-state index contributed by atoms with van der Waals surface area (Å²) in [4.78, 5) is 7.13. The standard InChI is InChI=1S/C22H31N3O/c1-7-18(8-2)24-20-11-17(6)23-22-19(20)12-26-13-25(22)21-15(4)9-14(3)10-16(21)5/h9-11,18H,7-8,12-13H2,1-6H3,(H,23,24). The van der Waals surface area contributed by atoms with Crippen LogP contribution in [0.3, 0.4) is 0 Å². The highest BCUT2D eigenvalue weighted by atomic mass is 16.5. The summed E-state index contributed by atoms with van der Waals surface area (Å²) in [6.07, 6.45) is 2.21. The van der Waals surface area contributed by atoms with E-state index in [2.05, 4.69) is 70.0 Å². The number of rotatable bonds is 5. The number of nitrogens with one attached hydrogen (secondary N) is 1. The summed E-state index contributed by atoms with van der Waals surface area (Å²) in [6, 6.07) is 7.09. The highest BCUT2D eigenvalue weighted by molar-refractivity contribution is 5.74. The maximum Gasteiger partial charge on any atom is 0.142 e. The molecular weight excluding hydrogens is 322 g/mol. The third-order valence-electron chi connectivity index (χ3n) is 5.20. The molecule has 2 heterocycles. The number of benzene rings is 1. The van der Waals surface area contributed by atoms with Crippen molar-refractivity contribution in [1.29, 1.82) is 0 Å². The van der Waals surface area contributed by atoms with Gasteiger partial charge in [0.05, 0.1) is 12.3 Å². The Kier molecular flexibility index (Phi) is 5.52. The number of hydrogen-bond donors (Lipinski definition) is 1. The zero-order valence-corrected chi connectivity index (χ0v) is 16.9. The Morgan fingerprint density at radius 3 is 2.35 bits per heavy atom. The van der Waals surface area contributed by atoms with Crippen LogP contribution in [0, 0.1) is 27.7 Å². The first kappa shape index (κ1) is 18.7. The molecule has 1 aliphatic heterocycles. The van der Waals surface area contributed by atoms with E-state index >= 15 is 0 Å². The molecule has 4 nitrogen and oxygen atoms in total. The van der Waals surface area contributed by atoms with Crippen LogP contribution < -0.4 is 10.2 Å². The molecular formula is C22H31N3O. The molecule has 0 radical (unpaired) electrons. The van der Waals surface area contributed by atoms with Gasteiger partial charge in [-0.3, -0.25) is 0 Å². The largest absolute Gasteiger partial charge is 0.382 e. The van der Waals surface area contributed by atoms with Gasteiger partial charge < -0.3 is 15.0 Å². The zero-order chi connectivity index (χ0) is 18.8. The van der Waals surface area contributed by atoms with E-state index in [9.17, 15) is 0 Å². The van der Waals surface area contributed by atoms with Gasteiger partial charge in [-0.15, -0.1) is 0 Å². The maximum atomic E-state index is 5.98. The van der Waals surface area contributed by atoms with Crippen molar-refractivity contribution in [3.8, 4) is 0 Å². The Bertz CT molecular complexity index is 773. The van der Waals surface area contributed by atoms with Crippen LogP contribution in [0.1, 0.15) is 54.6 Å². The van der Waals surface area contributed by atoms with Crippen molar-refractivity contribution in [3.05, 3.63) is 46.1 Å². The van der Waals surface area contributed by atoms with Crippen LogP contribution in [0.25, 0.3) is 0 Å². The summed E-state index contributed by atoms with van der Waals surface area (Å²) in [6.45, 7) is 14.1. The van der Waals surface area contributed by atoms with Crippen molar-refractivity contribution in [2.75, 3.05) is 16.9 Å². The Balaban J connectivity index is 2.09. The van der Waals surface area contributed by atoms with Crippen LogP contribution in [-0.4, -0.2) is 17.8 Å². The molecule has 0 atom stereocenters. The molecule has 0 fully saturated rings. The van der Waals surface area contributed by atoms with Gasteiger partial charge in [0.2, 0.25) is 0 Å². The zero-order valence-electron chi connectivity index (χ0n) is 16.9. The molecule has 4 heteroatoms. The Hall–Kier alpha value is -2.07. The van der Waals surface area contributed by atoms with Crippen LogP contribution >= 0.6 is 0 Å². The first-order valence-corrected chi connectivity index (χ1v) is 9.64. The number of aromatic nitrogens is 1. The lowest BCUT2D eigenvalue weighted by Crippen LogP contribution is -2.30. The Morgan fingerprint density at radius 2 is 1.73 bits per heavy atom. The van der Waals surface area contributed by atoms with Crippen molar-refractivity contribution >= 4 is 17.2 Å². The van der Waals surface area contributed by atoms with E-state index in [1.165, 1.54) is 22.4 Å². The fourth-order valence-corrected chi connectivity index (χ4v) is 3.96. The molecule has 2 aromatic rings. The van der Waals surface area contributed by atoms with Crippen molar-refractivity contribution in [2.24, 2.45) is 0 Å². The van der Waals surface area contributed by atoms with Gasteiger partial charge in [-0.1, -0.05) is 31.5 Å². The summed E-state index contributed by atoms with van der Waals surface area (Å²) >= 11 is 0. The fraction of sp³-hybridized carbons (Fsp3) is 0.500. The van der Waals surface area contributed by atoms with E-state index in [4.69, 9.17) is 9.72 Å². The molecule has 0 unspecified atom stereocenters. The van der Waals surface area contributed by atoms with Gasteiger partial charge in [0.15, 0.2) is 0 Å². The Morgan fingerprint density at radius 1 is 1.08 bits per heavy atom. The predicted molar refractivity (Wildman–Crippen MR) is 109 cm³/mol. The Labute approximate surface area is 157 Å². The average molecular weight is 354 g/mol. The second kappa shape index (κ2) is 7.67. The van der Waals surface area contributed by atoms with E-state index in [0.29, 0.717) is 19.4 Å². The topological polar surface area (TPSA) is 37.4 Å². The molecule has 1 aliphatic rings. The number of pyridine rings is 1. The monoisotopic (exact) mass is 353 g/mol. The predicted octanol–water partition coefficient (Wildman–Crippen LogP) is 5.54. The van der Waals surface area contributed by atoms with Gasteiger partial charge >= 0.3 is 0 Å². The van der Waals surface area contributed by atoms with E-state index < -0.39 is 0 Å². The number of fused-ring (bicyclic) bond motifs is 1. The van der Waals surface area contributed by atoms with Gasteiger partial charge in [0.25, 0.3) is 0 Å². The van der Waals surface area contributed by atoms with E-state index in [1.807, 2.05) is 0 Å². The van der Waals surface area contributed by atoms with Crippen molar-refractivity contribution in [1.82, 2.24) is 4.98 Å². The number of aryl methyl sites for hydroxylation is 4. The smallest absolute Gasteiger partial charge is 0.142 e. The molecule has 1 N–H and O–H groups in total. The van der Waals surface area contributed by atoms with Crippen molar-refractivity contribution in [2.45, 2.75) is 67.0 Å². The SMILES string of the molecule is CCC(CC)Nc1cc(C)nc2c1COCN2c1c(C)cc(C)cc1C. The first-order valence-electron chi connectivity index (χ1n) is 9.64. The summed E-state index contributed by atoms with van der Waals surface area (Å²) in [5, 5.41) is 3.71. The lowest BCUT2D eigenvalue weighted by Gasteiger charge is -2.34. The van der Waals surface area contributed by atoms with Gasteiger partial charge in [0.1, 0.15) is 12.5 Å². The van der Waals surface area contributed by atoms with Gasteiger partial charge in [-0.2, -0.15) is 0 Å². The molecule has 0 spiro atoms. The minimum absolute atomic E-state index is 0.471. The number of anilines is 3. The molecule has 1 aromatic heterocycles. The molecule has 0 saturated carbocycles. The molecule has 0 aliphatic carbocycles. The molecule has 0 saturated heterocycles. The molecule has 140 valence electrons. The van der Waals surface area contributed by atoms with Gasteiger partial charge in [-0.05, 0) is 57.7 Å². The lowest BCUT2D eigenvalue weighted by atomic mass is 10.0. The quantitative estimate of drug-likeness (QED) is 0.765. The third kappa shape index (κ3) is 3.56. The van der Waals surface area contributed by atoms with Crippen LogP contribution in [0.5, 0.6) is 0 Å². The van der Waals surface area contributed by atoms with E-state index in [0.717, 1.165) is 35.6 Å². The van der Waals surface area contributed by atoms with Crippen molar-refractivity contribution < 1.29 is 4.74 Å². The molecule has 26 heavy (non-hydrogen) atoms. The van der Waals surface area contributed by atoms with Gasteiger partial charge in [0, 0.05) is 23.0 Å². The number of ether oxygens (including phenoxy) is 1. The summed E-state index contributed by atoms with van der Waals surface area (Å²) in [5.74, 6) is 1.03. The van der Waals surface area contributed by atoms with Crippen LogP contribution in [-0.2, 0) is 11.3 Å². The lowest BCUT2D eigenvalue weighted by molar-refractivity contribution is 0.116. The summed E-state index contributed by atoms with van der Waals surface area (Å²) in [5.41, 5.74) is 8.37. The fourth-order valence-electron chi connectivity index (χ4n) is 3.96. The summed E-state index contributed by atoms with van der Waals surface area (Å²) < 4.78 is 5.98. The van der Waals surface area contributed by atoms with Crippen LogP contribution in [0.2, 0.25) is 0 Å². The van der Waals surface area contributed by atoms with Crippen LogP contribution in [0.15, 0.2) is 18.2 Å².